The predicted molar refractivity (Wildman–Crippen MR) is 103 cm³/mol. The number of guanidine groups is 1. The number of hydrogen-bond acceptors (Lipinski definition) is 4. The first-order valence-corrected chi connectivity index (χ1v) is 9.17. The first-order chi connectivity index (χ1) is 13.4. The molecule has 0 aliphatic rings. The van der Waals surface area contributed by atoms with Gasteiger partial charge in [-0.3, -0.25) is 4.57 Å². The van der Waals surface area contributed by atoms with Crippen LogP contribution in [-0.2, 0) is 6.54 Å². The van der Waals surface area contributed by atoms with Gasteiger partial charge in [-0.1, -0.05) is 12.1 Å². The quantitative estimate of drug-likeness (QED) is 0.449. The molecule has 0 aliphatic carbocycles. The van der Waals surface area contributed by atoms with Gasteiger partial charge in [0.15, 0.2) is 5.96 Å². The number of nitrogens with one attached hydrogen (secondary N) is 2. The molecule has 2 aromatic rings. The van der Waals surface area contributed by atoms with Crippen LogP contribution in [0.15, 0.2) is 41.7 Å². The summed E-state index contributed by atoms with van der Waals surface area (Å²) in [7, 11) is 0. The Balaban J connectivity index is 1.99. The third kappa shape index (κ3) is 6.49. The fourth-order valence-electron chi connectivity index (χ4n) is 2.51. The molecule has 3 N–H and O–H groups in total. The molecule has 0 amide bonds. The highest BCUT2D eigenvalue weighted by Gasteiger charge is 2.12. The van der Waals surface area contributed by atoms with E-state index >= 15 is 0 Å². The lowest BCUT2D eigenvalue weighted by Crippen LogP contribution is -2.39. The molecule has 28 heavy (non-hydrogen) atoms. The van der Waals surface area contributed by atoms with E-state index in [1.165, 1.54) is 12.4 Å². The first kappa shape index (κ1) is 21.6. The minimum Gasteiger partial charge on any atom is -0.491 e. The molecule has 1 aromatic carbocycles. The molecule has 7 nitrogen and oxygen atoms in total. The van der Waals surface area contributed by atoms with Crippen molar-refractivity contribution >= 4 is 5.96 Å². The zero-order valence-corrected chi connectivity index (χ0v) is 16.3. The molecule has 9 heteroatoms. The molecule has 2 rings (SSSR count). The second-order valence-electron chi connectivity index (χ2n) is 6.36. The van der Waals surface area contributed by atoms with Crippen molar-refractivity contribution in [3.05, 3.63) is 48.0 Å². The molecule has 0 radical (unpaired) electrons. The Labute approximate surface area is 163 Å². The van der Waals surface area contributed by atoms with Crippen molar-refractivity contribution in [2.75, 3.05) is 13.1 Å². The fraction of sp³-hybridized carbons (Fsp3) is 0.474. The van der Waals surface area contributed by atoms with Crippen LogP contribution in [0, 0.1) is 0 Å². The summed E-state index contributed by atoms with van der Waals surface area (Å²) < 4.78 is 32.2. The molecule has 154 valence electrons. The van der Waals surface area contributed by atoms with Crippen LogP contribution in [0.3, 0.4) is 0 Å². The molecule has 0 bridgehead atoms. The number of rotatable bonds is 9. The highest BCUT2D eigenvalue weighted by molar-refractivity contribution is 5.79. The normalized spacial score (nSPS) is 13.1. The van der Waals surface area contributed by atoms with Crippen LogP contribution < -0.4 is 15.4 Å². The molecule has 1 heterocycles. The van der Waals surface area contributed by atoms with Crippen LogP contribution >= 0.6 is 0 Å². The highest BCUT2D eigenvalue weighted by atomic mass is 19.3. The van der Waals surface area contributed by atoms with E-state index in [4.69, 9.17) is 4.74 Å². The van der Waals surface area contributed by atoms with E-state index in [1.54, 1.807) is 6.07 Å². The lowest BCUT2D eigenvalue weighted by atomic mass is 10.1. The van der Waals surface area contributed by atoms with Gasteiger partial charge in [0.25, 0.3) is 0 Å². The van der Waals surface area contributed by atoms with Crippen molar-refractivity contribution in [3.63, 3.8) is 0 Å². The van der Waals surface area contributed by atoms with Crippen LogP contribution in [0.1, 0.15) is 44.8 Å². The van der Waals surface area contributed by atoms with E-state index in [0.717, 1.165) is 4.57 Å². The van der Waals surface area contributed by atoms with Crippen LogP contribution in [-0.4, -0.2) is 39.8 Å². The van der Waals surface area contributed by atoms with E-state index in [2.05, 4.69) is 20.6 Å². The second kappa shape index (κ2) is 10.6. The van der Waals surface area contributed by atoms with Crippen LogP contribution in [0.25, 0.3) is 0 Å². The van der Waals surface area contributed by atoms with Gasteiger partial charge in [0.2, 0.25) is 0 Å². The Kier molecular flexibility index (Phi) is 8.19. The Morgan fingerprint density at radius 1 is 1.32 bits per heavy atom. The second-order valence-corrected chi connectivity index (χ2v) is 6.36. The Hall–Kier alpha value is -2.68. The number of benzene rings is 1. The van der Waals surface area contributed by atoms with E-state index in [-0.39, 0.29) is 25.0 Å². The number of halogens is 2. The van der Waals surface area contributed by atoms with Crippen molar-refractivity contribution < 1.29 is 18.6 Å². The third-order valence-electron chi connectivity index (χ3n) is 3.76. The Morgan fingerprint density at radius 2 is 2.11 bits per heavy atom. The summed E-state index contributed by atoms with van der Waals surface area (Å²) in [5.74, 6) is 1.25. The number of ether oxygens (including phenoxy) is 1. The molecule has 0 saturated heterocycles. The Morgan fingerprint density at radius 3 is 2.79 bits per heavy atom. The third-order valence-corrected chi connectivity index (χ3v) is 3.76. The lowest BCUT2D eigenvalue weighted by molar-refractivity contribution is 0.0671. The summed E-state index contributed by atoms with van der Waals surface area (Å²) in [5, 5.41) is 16.5. The SMILES string of the molecule is CCNC(=NCc1nccn1C(F)F)NCC(O)c1cccc(OC(C)C)c1. The van der Waals surface area contributed by atoms with Gasteiger partial charge in [0, 0.05) is 25.5 Å². The summed E-state index contributed by atoms with van der Waals surface area (Å²) in [6.45, 7) is 3.86. The number of aliphatic hydroxyl groups excluding tert-OH is 1. The number of nitrogens with zero attached hydrogens (tertiary/aromatic N) is 3. The van der Waals surface area contributed by atoms with Gasteiger partial charge in [-0.2, -0.15) is 8.78 Å². The maximum atomic E-state index is 12.9. The number of aliphatic imine (C=N–C) groups is 1. The molecule has 0 fully saturated rings. The maximum Gasteiger partial charge on any atom is 0.319 e. The Bertz CT molecular complexity index is 764. The van der Waals surface area contributed by atoms with Crippen LogP contribution in [0.4, 0.5) is 8.78 Å². The topological polar surface area (TPSA) is 83.7 Å². The summed E-state index contributed by atoms with van der Waals surface area (Å²) in [6, 6.07) is 7.25. The average Bonchev–Trinajstić information content (AvgIpc) is 3.12. The zero-order valence-electron chi connectivity index (χ0n) is 16.3. The molecule has 0 aliphatic heterocycles. The van der Waals surface area contributed by atoms with Gasteiger partial charge in [-0.25, -0.2) is 9.98 Å². The van der Waals surface area contributed by atoms with E-state index in [0.29, 0.717) is 23.8 Å². The van der Waals surface area contributed by atoms with Gasteiger partial charge in [-0.15, -0.1) is 0 Å². The molecule has 1 atom stereocenters. The number of alkyl halides is 2. The number of aromatic nitrogens is 2. The monoisotopic (exact) mass is 395 g/mol. The molecule has 1 unspecified atom stereocenters. The average molecular weight is 395 g/mol. The predicted octanol–water partition coefficient (Wildman–Crippen LogP) is 2.85. The molecule has 0 saturated carbocycles. The van der Waals surface area contributed by atoms with Crippen LogP contribution in [0.2, 0.25) is 0 Å². The van der Waals surface area contributed by atoms with E-state index < -0.39 is 12.7 Å². The van der Waals surface area contributed by atoms with E-state index in [1.807, 2.05) is 39.0 Å². The smallest absolute Gasteiger partial charge is 0.319 e. The fourth-order valence-corrected chi connectivity index (χ4v) is 2.51. The summed E-state index contributed by atoms with van der Waals surface area (Å²) in [6.07, 6.45) is 1.78. The molecule has 0 spiro atoms. The van der Waals surface area contributed by atoms with Gasteiger partial charge < -0.3 is 20.5 Å². The lowest BCUT2D eigenvalue weighted by Gasteiger charge is -2.17. The van der Waals surface area contributed by atoms with Gasteiger partial charge in [-0.05, 0) is 38.5 Å². The first-order valence-electron chi connectivity index (χ1n) is 9.17. The highest BCUT2D eigenvalue weighted by Crippen LogP contribution is 2.20. The zero-order chi connectivity index (χ0) is 20.5. The number of hydrogen-bond donors (Lipinski definition) is 3. The van der Waals surface area contributed by atoms with Crippen molar-refractivity contribution in [2.24, 2.45) is 4.99 Å². The summed E-state index contributed by atoms with van der Waals surface area (Å²) in [5.41, 5.74) is 0.703. The number of aliphatic hydroxyl groups is 1. The summed E-state index contributed by atoms with van der Waals surface area (Å²) in [4.78, 5) is 8.17. The van der Waals surface area contributed by atoms with Crippen LogP contribution in [0.5, 0.6) is 5.75 Å². The standard InChI is InChI=1S/C19H27F2N5O2/c1-4-22-19(25-12-17-23-8-9-26(17)18(20)21)24-11-16(27)14-6-5-7-15(10-14)28-13(2)3/h5-10,13,16,18,27H,4,11-12H2,1-3H3,(H2,22,24,25). The summed E-state index contributed by atoms with van der Waals surface area (Å²) >= 11 is 0. The maximum absolute atomic E-state index is 12.9. The van der Waals surface area contributed by atoms with E-state index in [9.17, 15) is 13.9 Å². The van der Waals surface area contributed by atoms with Crippen molar-refractivity contribution in [1.29, 1.82) is 0 Å². The van der Waals surface area contributed by atoms with Crippen molar-refractivity contribution in [1.82, 2.24) is 20.2 Å². The van der Waals surface area contributed by atoms with Gasteiger partial charge >= 0.3 is 6.55 Å². The molecular weight excluding hydrogens is 368 g/mol. The van der Waals surface area contributed by atoms with Crippen molar-refractivity contribution in [2.45, 2.75) is 46.1 Å². The molecule has 1 aromatic heterocycles. The molecular formula is C19H27F2N5O2. The minimum absolute atomic E-state index is 0.0134. The largest absolute Gasteiger partial charge is 0.491 e. The van der Waals surface area contributed by atoms with Gasteiger partial charge in [0.05, 0.1) is 12.2 Å². The minimum atomic E-state index is -2.66. The van der Waals surface area contributed by atoms with Crippen molar-refractivity contribution in [3.8, 4) is 5.75 Å². The number of imidazole rings is 1. The van der Waals surface area contributed by atoms with Gasteiger partial charge in [0.1, 0.15) is 18.1 Å².